The highest BCUT2D eigenvalue weighted by Crippen LogP contribution is 2.25. The molecule has 2 aromatic carbocycles. The van der Waals surface area contributed by atoms with E-state index in [9.17, 15) is 4.39 Å². The molecule has 0 fully saturated rings. The van der Waals surface area contributed by atoms with E-state index >= 15 is 0 Å². The highest BCUT2D eigenvalue weighted by atomic mass is 79.9. The van der Waals surface area contributed by atoms with Gasteiger partial charge in [-0.3, -0.25) is 0 Å². The fourth-order valence-electron chi connectivity index (χ4n) is 2.30. The maximum Gasteiger partial charge on any atom is 0.124 e. The quantitative estimate of drug-likeness (QED) is 0.870. The summed E-state index contributed by atoms with van der Waals surface area (Å²) in [7, 11) is 6.00. The van der Waals surface area contributed by atoms with E-state index < -0.39 is 0 Å². The van der Waals surface area contributed by atoms with Crippen molar-refractivity contribution >= 4 is 21.6 Å². The Morgan fingerprint density at radius 1 is 1.14 bits per heavy atom. The standard InChI is InChI=1S/C17H20BrFN2/c1-20-17(10-13-4-7-14(19)11-16(13)18)12-5-8-15(9-6-12)21(2)3/h4-9,11,17,20H,10H2,1-3H3. The van der Waals surface area contributed by atoms with E-state index in [1.54, 1.807) is 0 Å². The van der Waals surface area contributed by atoms with Crippen LogP contribution in [0.2, 0.25) is 0 Å². The number of rotatable bonds is 5. The third-order valence-corrected chi connectivity index (χ3v) is 4.34. The molecule has 0 saturated carbocycles. The number of likely N-dealkylation sites (N-methyl/N-ethyl adjacent to an activating group) is 1. The van der Waals surface area contributed by atoms with Crippen LogP contribution < -0.4 is 10.2 Å². The minimum absolute atomic E-state index is 0.197. The van der Waals surface area contributed by atoms with Crippen molar-refractivity contribution in [2.45, 2.75) is 12.5 Å². The first-order valence-corrected chi connectivity index (χ1v) is 7.69. The Labute approximate surface area is 134 Å². The zero-order valence-electron chi connectivity index (χ0n) is 12.5. The van der Waals surface area contributed by atoms with Crippen molar-refractivity contribution < 1.29 is 4.39 Å². The van der Waals surface area contributed by atoms with E-state index in [0.717, 1.165) is 16.5 Å². The molecular weight excluding hydrogens is 331 g/mol. The third-order valence-electron chi connectivity index (χ3n) is 3.60. The number of hydrogen-bond acceptors (Lipinski definition) is 2. The second kappa shape index (κ2) is 7.05. The summed E-state index contributed by atoms with van der Waals surface area (Å²) in [5, 5.41) is 3.33. The van der Waals surface area contributed by atoms with Crippen LogP contribution in [0.5, 0.6) is 0 Å². The molecule has 0 aliphatic heterocycles. The van der Waals surface area contributed by atoms with Crippen molar-refractivity contribution in [3.8, 4) is 0 Å². The highest BCUT2D eigenvalue weighted by Gasteiger charge is 2.12. The van der Waals surface area contributed by atoms with Crippen LogP contribution in [-0.4, -0.2) is 21.1 Å². The molecule has 1 N–H and O–H groups in total. The molecule has 0 radical (unpaired) electrons. The summed E-state index contributed by atoms with van der Waals surface area (Å²) in [6, 6.07) is 13.5. The van der Waals surface area contributed by atoms with Gasteiger partial charge in [0.15, 0.2) is 0 Å². The minimum atomic E-state index is -0.220. The minimum Gasteiger partial charge on any atom is -0.378 e. The molecule has 2 rings (SSSR count). The Morgan fingerprint density at radius 2 is 1.81 bits per heavy atom. The van der Waals surface area contributed by atoms with Crippen LogP contribution >= 0.6 is 15.9 Å². The molecule has 2 nitrogen and oxygen atoms in total. The van der Waals surface area contributed by atoms with E-state index in [1.807, 2.05) is 27.2 Å². The summed E-state index contributed by atoms with van der Waals surface area (Å²) in [6.45, 7) is 0. The molecule has 1 atom stereocenters. The van der Waals surface area contributed by atoms with Gasteiger partial charge in [0, 0.05) is 30.3 Å². The lowest BCUT2D eigenvalue weighted by Crippen LogP contribution is -2.19. The first-order chi connectivity index (χ1) is 10.0. The van der Waals surface area contributed by atoms with Crippen molar-refractivity contribution in [1.29, 1.82) is 0 Å². The number of halogens is 2. The van der Waals surface area contributed by atoms with Crippen LogP contribution in [0, 0.1) is 5.82 Å². The normalized spacial score (nSPS) is 12.2. The fraction of sp³-hybridized carbons (Fsp3) is 0.294. The lowest BCUT2D eigenvalue weighted by molar-refractivity contribution is 0.587. The monoisotopic (exact) mass is 350 g/mol. The molecule has 0 aliphatic rings. The second-order valence-corrected chi connectivity index (χ2v) is 6.12. The van der Waals surface area contributed by atoms with Crippen molar-refractivity contribution in [2.24, 2.45) is 0 Å². The Bertz CT molecular complexity index is 596. The fourth-order valence-corrected chi connectivity index (χ4v) is 2.81. The van der Waals surface area contributed by atoms with Gasteiger partial charge in [-0.25, -0.2) is 4.39 Å². The van der Waals surface area contributed by atoms with Crippen LogP contribution in [0.3, 0.4) is 0 Å². The van der Waals surface area contributed by atoms with Crippen molar-refractivity contribution in [1.82, 2.24) is 5.32 Å². The molecule has 0 spiro atoms. The maximum atomic E-state index is 13.2. The number of anilines is 1. The SMILES string of the molecule is CNC(Cc1ccc(F)cc1Br)c1ccc(N(C)C)cc1. The van der Waals surface area contributed by atoms with Crippen molar-refractivity contribution in [2.75, 3.05) is 26.0 Å². The molecule has 0 aliphatic carbocycles. The second-order valence-electron chi connectivity index (χ2n) is 5.27. The van der Waals surface area contributed by atoms with Gasteiger partial charge in [0.1, 0.15) is 5.82 Å². The van der Waals surface area contributed by atoms with E-state index in [1.165, 1.54) is 23.4 Å². The number of benzene rings is 2. The van der Waals surface area contributed by atoms with Crippen LogP contribution in [0.25, 0.3) is 0 Å². The lowest BCUT2D eigenvalue weighted by atomic mass is 9.98. The molecule has 21 heavy (non-hydrogen) atoms. The van der Waals surface area contributed by atoms with Crippen LogP contribution in [0.4, 0.5) is 10.1 Å². The zero-order valence-corrected chi connectivity index (χ0v) is 14.1. The van der Waals surface area contributed by atoms with E-state index in [2.05, 4.69) is 50.4 Å². The smallest absolute Gasteiger partial charge is 0.124 e. The predicted molar refractivity (Wildman–Crippen MR) is 90.4 cm³/mol. The summed E-state index contributed by atoms with van der Waals surface area (Å²) in [6.07, 6.45) is 0.804. The van der Waals surface area contributed by atoms with E-state index in [4.69, 9.17) is 0 Å². The third kappa shape index (κ3) is 4.05. The molecule has 0 heterocycles. The van der Waals surface area contributed by atoms with Crippen LogP contribution in [0.15, 0.2) is 46.9 Å². The first kappa shape index (κ1) is 16.0. The number of hydrogen-bond donors (Lipinski definition) is 1. The average Bonchev–Trinajstić information content (AvgIpc) is 2.47. The molecule has 0 amide bonds. The molecule has 1 unspecified atom stereocenters. The maximum absolute atomic E-state index is 13.2. The predicted octanol–water partition coefficient (Wildman–Crippen LogP) is 4.16. The molecular formula is C17H20BrFN2. The van der Waals surface area contributed by atoms with Crippen LogP contribution in [-0.2, 0) is 6.42 Å². The Balaban J connectivity index is 2.19. The van der Waals surface area contributed by atoms with Gasteiger partial charge >= 0.3 is 0 Å². The molecule has 0 bridgehead atoms. The van der Waals surface area contributed by atoms with Gasteiger partial charge in [0.05, 0.1) is 0 Å². The Kier molecular flexibility index (Phi) is 5.37. The van der Waals surface area contributed by atoms with Gasteiger partial charge in [0.25, 0.3) is 0 Å². The van der Waals surface area contributed by atoms with Gasteiger partial charge in [-0.15, -0.1) is 0 Å². The summed E-state index contributed by atoms with van der Waals surface area (Å²) >= 11 is 3.43. The van der Waals surface area contributed by atoms with E-state index in [-0.39, 0.29) is 11.9 Å². The molecule has 4 heteroatoms. The summed E-state index contributed by atoms with van der Waals surface area (Å²) in [4.78, 5) is 2.08. The first-order valence-electron chi connectivity index (χ1n) is 6.89. The van der Waals surface area contributed by atoms with Gasteiger partial charge < -0.3 is 10.2 Å². The van der Waals surface area contributed by atoms with Crippen molar-refractivity contribution in [3.63, 3.8) is 0 Å². The molecule has 0 saturated heterocycles. The average molecular weight is 351 g/mol. The van der Waals surface area contributed by atoms with Gasteiger partial charge in [-0.05, 0) is 48.9 Å². The number of nitrogens with one attached hydrogen (secondary N) is 1. The van der Waals surface area contributed by atoms with Gasteiger partial charge in [-0.1, -0.05) is 34.1 Å². The van der Waals surface area contributed by atoms with E-state index in [0.29, 0.717) is 0 Å². The van der Waals surface area contributed by atoms with Crippen LogP contribution in [0.1, 0.15) is 17.2 Å². The summed E-state index contributed by atoms with van der Waals surface area (Å²) in [5.74, 6) is -0.220. The largest absolute Gasteiger partial charge is 0.378 e. The molecule has 0 aromatic heterocycles. The Hall–Kier alpha value is -1.39. The number of nitrogens with zero attached hydrogens (tertiary/aromatic N) is 1. The zero-order chi connectivity index (χ0) is 15.4. The summed E-state index contributed by atoms with van der Waals surface area (Å²) in [5.41, 5.74) is 3.49. The van der Waals surface area contributed by atoms with Gasteiger partial charge in [0.2, 0.25) is 0 Å². The van der Waals surface area contributed by atoms with Gasteiger partial charge in [-0.2, -0.15) is 0 Å². The van der Waals surface area contributed by atoms with Crippen molar-refractivity contribution in [3.05, 3.63) is 63.9 Å². The molecule has 112 valence electrons. The topological polar surface area (TPSA) is 15.3 Å². The lowest BCUT2D eigenvalue weighted by Gasteiger charge is -2.19. The molecule has 2 aromatic rings. The highest BCUT2D eigenvalue weighted by molar-refractivity contribution is 9.10. The Morgan fingerprint density at radius 3 is 2.33 bits per heavy atom. The summed E-state index contributed by atoms with van der Waals surface area (Å²) < 4.78 is 14.0.